The Labute approximate surface area is 122 Å². The van der Waals surface area contributed by atoms with Gasteiger partial charge < -0.3 is 0 Å². The van der Waals surface area contributed by atoms with Crippen LogP contribution in [-0.4, -0.2) is 34.1 Å². The van der Waals surface area contributed by atoms with Crippen molar-refractivity contribution in [1.29, 1.82) is 0 Å². The van der Waals surface area contributed by atoms with E-state index >= 15 is 0 Å². The minimum Gasteiger partial charge on any atom is -0.292 e. The summed E-state index contributed by atoms with van der Waals surface area (Å²) < 4.78 is 0. The number of hydrogen-bond donors (Lipinski definition) is 0. The summed E-state index contributed by atoms with van der Waals surface area (Å²) in [5.41, 5.74) is 1.69. The van der Waals surface area contributed by atoms with E-state index in [0.29, 0.717) is 23.7 Å². The zero-order valence-electron chi connectivity index (χ0n) is 11.6. The fraction of sp³-hybridized carbons (Fsp3) is 0.400. The molecule has 0 aromatic heterocycles. The molecule has 1 fully saturated rings. The summed E-state index contributed by atoms with van der Waals surface area (Å²) in [7, 11) is 0. The molecule has 1 heterocycles. The van der Waals surface area contributed by atoms with Crippen LogP contribution in [0, 0.1) is 0 Å². The molecule has 1 aromatic rings. The molecular weight excluding hydrogens is 274 g/mol. The van der Waals surface area contributed by atoms with Gasteiger partial charge >= 0.3 is 0 Å². The van der Waals surface area contributed by atoms with E-state index in [0.717, 1.165) is 22.2 Å². The van der Waals surface area contributed by atoms with Crippen molar-refractivity contribution in [2.45, 2.75) is 26.2 Å². The number of benzene rings is 1. The molecule has 0 atom stereocenters. The van der Waals surface area contributed by atoms with Crippen LogP contribution in [0.2, 0.25) is 0 Å². The fourth-order valence-corrected chi connectivity index (χ4v) is 2.76. The predicted molar refractivity (Wildman–Crippen MR) is 79.0 cm³/mol. The van der Waals surface area contributed by atoms with Crippen molar-refractivity contribution in [2.75, 3.05) is 12.3 Å². The minimum absolute atomic E-state index is 0.161. The lowest BCUT2D eigenvalue weighted by Crippen LogP contribution is -2.41. The highest BCUT2D eigenvalue weighted by molar-refractivity contribution is 8.13. The van der Waals surface area contributed by atoms with Crippen LogP contribution < -0.4 is 0 Å². The van der Waals surface area contributed by atoms with E-state index in [4.69, 9.17) is 0 Å². The Morgan fingerprint density at radius 3 is 2.45 bits per heavy atom. The third-order valence-electron chi connectivity index (χ3n) is 3.26. The monoisotopic (exact) mass is 291 g/mol. The van der Waals surface area contributed by atoms with Crippen LogP contribution in [0.4, 0.5) is 4.79 Å². The van der Waals surface area contributed by atoms with Gasteiger partial charge in [0, 0.05) is 17.7 Å². The van der Waals surface area contributed by atoms with Gasteiger partial charge in [0.25, 0.3) is 5.24 Å². The number of imide groups is 1. The Balaban J connectivity index is 2.07. The van der Waals surface area contributed by atoms with Crippen LogP contribution in [0.3, 0.4) is 0 Å². The number of carbonyl (C=O) groups excluding carboxylic acids is 3. The summed E-state index contributed by atoms with van der Waals surface area (Å²) in [6.07, 6.45) is 0.315. The second-order valence-electron chi connectivity index (χ2n) is 5.04. The van der Waals surface area contributed by atoms with Crippen LogP contribution in [0.25, 0.3) is 0 Å². The second-order valence-corrected chi connectivity index (χ2v) is 6.09. The molecule has 1 aliphatic heterocycles. The Bertz CT molecular complexity index is 521. The zero-order valence-corrected chi connectivity index (χ0v) is 12.4. The number of nitrogens with zero attached hydrogens (tertiary/aromatic N) is 1. The molecule has 1 saturated heterocycles. The highest BCUT2D eigenvalue weighted by Crippen LogP contribution is 2.19. The molecule has 0 bridgehead atoms. The molecule has 2 rings (SSSR count). The first-order chi connectivity index (χ1) is 9.49. The van der Waals surface area contributed by atoms with E-state index in [1.807, 2.05) is 12.1 Å². The van der Waals surface area contributed by atoms with Gasteiger partial charge in [-0.2, -0.15) is 0 Å². The van der Waals surface area contributed by atoms with Gasteiger partial charge in [0.05, 0.1) is 6.54 Å². The van der Waals surface area contributed by atoms with E-state index < -0.39 is 0 Å². The van der Waals surface area contributed by atoms with Crippen molar-refractivity contribution in [2.24, 2.45) is 0 Å². The topological polar surface area (TPSA) is 54.5 Å². The SMILES string of the molecule is CC(C)c1ccc(C(=O)CN2C(=O)CCSC2=O)cc1. The molecular formula is C15H17NO3S. The van der Waals surface area contributed by atoms with Gasteiger partial charge in [-0.25, -0.2) is 0 Å². The van der Waals surface area contributed by atoms with Gasteiger partial charge in [-0.3, -0.25) is 19.3 Å². The third kappa shape index (κ3) is 3.28. The molecule has 4 nitrogen and oxygen atoms in total. The van der Waals surface area contributed by atoms with E-state index in [1.54, 1.807) is 12.1 Å². The van der Waals surface area contributed by atoms with Gasteiger partial charge in [0.15, 0.2) is 5.78 Å². The molecule has 106 valence electrons. The highest BCUT2D eigenvalue weighted by atomic mass is 32.2. The molecule has 1 aliphatic rings. The Kier molecular flexibility index (Phi) is 4.60. The van der Waals surface area contributed by atoms with Crippen LogP contribution >= 0.6 is 11.8 Å². The van der Waals surface area contributed by atoms with E-state index in [9.17, 15) is 14.4 Å². The molecule has 20 heavy (non-hydrogen) atoms. The van der Waals surface area contributed by atoms with E-state index in [-0.39, 0.29) is 23.5 Å². The fourth-order valence-electron chi connectivity index (χ4n) is 1.98. The summed E-state index contributed by atoms with van der Waals surface area (Å²) in [5.74, 6) is 0.442. The molecule has 0 radical (unpaired) electrons. The van der Waals surface area contributed by atoms with Crippen molar-refractivity contribution in [1.82, 2.24) is 4.90 Å². The number of rotatable bonds is 4. The normalized spacial score (nSPS) is 15.8. The maximum absolute atomic E-state index is 12.1. The lowest BCUT2D eigenvalue weighted by atomic mass is 10.0. The van der Waals surface area contributed by atoms with Crippen molar-refractivity contribution in [3.05, 3.63) is 35.4 Å². The number of Topliss-reactive ketones (excluding diaryl/α,β-unsaturated/α-hetero) is 1. The maximum atomic E-state index is 12.1. The number of hydrogen-bond acceptors (Lipinski definition) is 4. The summed E-state index contributed by atoms with van der Waals surface area (Å²) in [6, 6.07) is 7.33. The molecule has 0 aliphatic carbocycles. The van der Waals surface area contributed by atoms with E-state index in [1.165, 1.54) is 0 Å². The Morgan fingerprint density at radius 2 is 1.90 bits per heavy atom. The van der Waals surface area contributed by atoms with Crippen LogP contribution in [0.1, 0.15) is 42.1 Å². The number of carbonyl (C=O) groups is 3. The van der Waals surface area contributed by atoms with Gasteiger partial charge in [-0.15, -0.1) is 0 Å². The summed E-state index contributed by atoms with van der Waals surface area (Å²) >= 11 is 1.09. The molecule has 0 unspecified atom stereocenters. The largest absolute Gasteiger partial charge is 0.292 e. The van der Waals surface area contributed by atoms with E-state index in [2.05, 4.69) is 13.8 Å². The first kappa shape index (κ1) is 14.8. The van der Waals surface area contributed by atoms with Crippen molar-refractivity contribution in [3.63, 3.8) is 0 Å². The van der Waals surface area contributed by atoms with Crippen molar-refractivity contribution < 1.29 is 14.4 Å². The lowest BCUT2D eigenvalue weighted by Gasteiger charge is -2.23. The summed E-state index contributed by atoms with van der Waals surface area (Å²) in [6.45, 7) is 4.00. The van der Waals surface area contributed by atoms with Crippen LogP contribution in [0.15, 0.2) is 24.3 Å². The zero-order chi connectivity index (χ0) is 14.7. The lowest BCUT2D eigenvalue weighted by molar-refractivity contribution is -0.127. The first-order valence-electron chi connectivity index (χ1n) is 6.59. The highest BCUT2D eigenvalue weighted by Gasteiger charge is 2.28. The second kappa shape index (κ2) is 6.22. The summed E-state index contributed by atoms with van der Waals surface area (Å²) in [4.78, 5) is 36.5. The number of ketones is 1. The number of thioether (sulfide) groups is 1. The minimum atomic E-state index is -0.326. The summed E-state index contributed by atoms with van der Waals surface area (Å²) in [5, 5.41) is -0.326. The predicted octanol–water partition coefficient (Wildman–Crippen LogP) is 3.08. The Morgan fingerprint density at radius 1 is 1.25 bits per heavy atom. The molecule has 0 saturated carbocycles. The first-order valence-corrected chi connectivity index (χ1v) is 7.58. The third-order valence-corrected chi connectivity index (χ3v) is 4.14. The van der Waals surface area contributed by atoms with Crippen LogP contribution in [0.5, 0.6) is 0 Å². The van der Waals surface area contributed by atoms with Gasteiger partial charge in [-0.05, 0) is 11.5 Å². The van der Waals surface area contributed by atoms with Crippen molar-refractivity contribution >= 4 is 28.7 Å². The Hall–Kier alpha value is -1.62. The average Bonchev–Trinajstić information content (AvgIpc) is 2.43. The van der Waals surface area contributed by atoms with Gasteiger partial charge in [0.2, 0.25) is 5.91 Å². The molecule has 2 amide bonds. The smallest absolute Gasteiger partial charge is 0.288 e. The molecule has 0 N–H and O–H groups in total. The van der Waals surface area contributed by atoms with Crippen LogP contribution in [-0.2, 0) is 4.79 Å². The average molecular weight is 291 g/mol. The molecule has 0 spiro atoms. The maximum Gasteiger partial charge on any atom is 0.288 e. The van der Waals surface area contributed by atoms with Gasteiger partial charge in [0.1, 0.15) is 0 Å². The van der Waals surface area contributed by atoms with Gasteiger partial charge in [-0.1, -0.05) is 49.9 Å². The molecule has 1 aromatic carbocycles. The quantitative estimate of drug-likeness (QED) is 0.800. The van der Waals surface area contributed by atoms with Crippen molar-refractivity contribution in [3.8, 4) is 0 Å². The molecule has 5 heteroatoms. The number of amides is 2. The standard InChI is InChI=1S/C15H17NO3S/c1-10(2)11-3-5-12(6-4-11)13(17)9-16-14(18)7-8-20-15(16)19/h3-6,10H,7-9H2,1-2H3.